The van der Waals surface area contributed by atoms with Crippen molar-refractivity contribution in [2.75, 3.05) is 26.4 Å². The summed E-state index contributed by atoms with van der Waals surface area (Å²) in [5.41, 5.74) is 0. The Kier molecular flexibility index (Phi) is 8.01. The second kappa shape index (κ2) is 10.3. The molecule has 0 aliphatic carbocycles. The second-order valence-corrected chi connectivity index (χ2v) is 6.11. The van der Waals surface area contributed by atoms with Gasteiger partial charge in [-0.2, -0.15) is 0 Å². The summed E-state index contributed by atoms with van der Waals surface area (Å²) >= 11 is 0. The first-order valence-corrected chi connectivity index (χ1v) is 9.10. The summed E-state index contributed by atoms with van der Waals surface area (Å²) in [6.07, 6.45) is 1.86. The molecule has 0 saturated carbocycles. The maximum Gasteiger partial charge on any atom is 0.335 e. The maximum absolute atomic E-state index is 12.0. The van der Waals surface area contributed by atoms with E-state index in [1.54, 1.807) is 6.92 Å². The number of carbonyl (C=O) groups excluding carboxylic acids is 1. The summed E-state index contributed by atoms with van der Waals surface area (Å²) in [6, 6.07) is 7.44. The number of carbonyl (C=O) groups is 1. The van der Waals surface area contributed by atoms with Crippen molar-refractivity contribution in [2.45, 2.75) is 45.3 Å². The number of hydrogen-bond acceptors (Lipinski definition) is 6. The van der Waals surface area contributed by atoms with Gasteiger partial charge in [0.15, 0.2) is 17.6 Å². The number of piperidine rings is 1. The first kappa shape index (κ1) is 19.5. The van der Waals surface area contributed by atoms with Crippen LogP contribution in [0.15, 0.2) is 24.3 Å². The molecule has 0 radical (unpaired) electrons. The SMILES string of the molecule is CCOC(=O)C(O)C(COc1ccccc1OCC)C1CCCCN1. The molecule has 0 spiro atoms. The molecule has 1 aromatic rings. The number of para-hydroxylation sites is 2. The van der Waals surface area contributed by atoms with Crippen molar-refractivity contribution in [3.63, 3.8) is 0 Å². The number of nitrogens with one attached hydrogen (secondary N) is 1. The van der Waals surface area contributed by atoms with Crippen molar-refractivity contribution in [3.05, 3.63) is 24.3 Å². The largest absolute Gasteiger partial charge is 0.490 e. The first-order chi connectivity index (χ1) is 12.2. The Bertz CT molecular complexity index is 530. The van der Waals surface area contributed by atoms with E-state index in [1.807, 2.05) is 31.2 Å². The molecule has 1 aromatic carbocycles. The molecule has 0 bridgehead atoms. The Morgan fingerprint density at radius 2 is 1.92 bits per heavy atom. The molecule has 6 nitrogen and oxygen atoms in total. The minimum absolute atomic E-state index is 0.0208. The summed E-state index contributed by atoms with van der Waals surface area (Å²) in [5, 5.41) is 13.9. The Balaban J connectivity index is 2.08. The van der Waals surface area contributed by atoms with Crippen LogP contribution in [0.5, 0.6) is 11.5 Å². The molecule has 1 aliphatic rings. The first-order valence-electron chi connectivity index (χ1n) is 9.10. The van der Waals surface area contributed by atoms with Crippen molar-refractivity contribution >= 4 is 5.97 Å². The Morgan fingerprint density at radius 1 is 1.20 bits per heavy atom. The third-order valence-corrected chi connectivity index (χ3v) is 4.38. The number of hydrogen-bond donors (Lipinski definition) is 2. The lowest BCUT2D eigenvalue weighted by molar-refractivity contribution is -0.157. The van der Waals surface area contributed by atoms with Crippen molar-refractivity contribution in [1.29, 1.82) is 0 Å². The fourth-order valence-electron chi connectivity index (χ4n) is 3.10. The van der Waals surface area contributed by atoms with E-state index in [0.29, 0.717) is 18.1 Å². The van der Waals surface area contributed by atoms with Crippen LogP contribution in [0.4, 0.5) is 0 Å². The lowest BCUT2D eigenvalue weighted by Gasteiger charge is -2.33. The van der Waals surface area contributed by atoms with E-state index in [-0.39, 0.29) is 25.2 Å². The van der Waals surface area contributed by atoms with Gasteiger partial charge < -0.3 is 24.6 Å². The number of esters is 1. The number of aliphatic hydroxyl groups excluding tert-OH is 1. The highest BCUT2D eigenvalue weighted by molar-refractivity contribution is 5.74. The van der Waals surface area contributed by atoms with E-state index in [1.165, 1.54) is 0 Å². The molecule has 1 saturated heterocycles. The summed E-state index contributed by atoms with van der Waals surface area (Å²) in [4.78, 5) is 12.0. The predicted octanol–water partition coefficient (Wildman–Crippen LogP) is 2.15. The van der Waals surface area contributed by atoms with Crippen LogP contribution in [-0.4, -0.2) is 49.6 Å². The summed E-state index contributed by atoms with van der Waals surface area (Å²) in [7, 11) is 0. The molecule has 3 unspecified atom stereocenters. The number of rotatable bonds is 9. The molecule has 1 fully saturated rings. The third kappa shape index (κ3) is 5.61. The topological polar surface area (TPSA) is 77.0 Å². The van der Waals surface area contributed by atoms with Gasteiger partial charge in [0.05, 0.1) is 19.8 Å². The van der Waals surface area contributed by atoms with E-state index in [2.05, 4.69) is 5.32 Å². The molecule has 0 amide bonds. The average Bonchev–Trinajstić information content (AvgIpc) is 2.64. The summed E-state index contributed by atoms with van der Waals surface area (Å²) in [6.45, 7) is 5.52. The van der Waals surface area contributed by atoms with Crippen molar-refractivity contribution in [2.24, 2.45) is 5.92 Å². The Labute approximate surface area is 149 Å². The third-order valence-electron chi connectivity index (χ3n) is 4.38. The highest BCUT2D eigenvalue weighted by Gasteiger charge is 2.35. The molecule has 3 atom stereocenters. The number of ether oxygens (including phenoxy) is 3. The van der Waals surface area contributed by atoms with Gasteiger partial charge in [0, 0.05) is 12.0 Å². The van der Waals surface area contributed by atoms with Gasteiger partial charge in [0.1, 0.15) is 0 Å². The minimum atomic E-state index is -1.21. The minimum Gasteiger partial charge on any atom is -0.490 e. The number of aliphatic hydroxyl groups is 1. The van der Waals surface area contributed by atoms with Crippen LogP contribution in [0, 0.1) is 5.92 Å². The van der Waals surface area contributed by atoms with Crippen molar-refractivity contribution in [3.8, 4) is 11.5 Å². The van der Waals surface area contributed by atoms with Gasteiger partial charge in [-0.25, -0.2) is 4.79 Å². The van der Waals surface area contributed by atoms with E-state index in [9.17, 15) is 9.90 Å². The van der Waals surface area contributed by atoms with Crippen molar-refractivity contribution in [1.82, 2.24) is 5.32 Å². The fourth-order valence-corrected chi connectivity index (χ4v) is 3.10. The molecule has 2 N–H and O–H groups in total. The molecule has 6 heteroatoms. The van der Waals surface area contributed by atoms with Crippen LogP contribution in [0.25, 0.3) is 0 Å². The normalized spacial score (nSPS) is 19.7. The van der Waals surface area contributed by atoms with Crippen LogP contribution in [0.3, 0.4) is 0 Å². The molecular weight excluding hydrogens is 322 g/mol. The van der Waals surface area contributed by atoms with Gasteiger partial charge >= 0.3 is 5.97 Å². The smallest absolute Gasteiger partial charge is 0.335 e. The zero-order chi connectivity index (χ0) is 18.1. The van der Waals surface area contributed by atoms with Crippen molar-refractivity contribution < 1.29 is 24.1 Å². The number of benzene rings is 1. The van der Waals surface area contributed by atoms with Crippen LogP contribution in [0.2, 0.25) is 0 Å². The zero-order valence-corrected chi connectivity index (χ0v) is 15.1. The van der Waals surface area contributed by atoms with Gasteiger partial charge in [-0.05, 0) is 45.4 Å². The summed E-state index contributed by atoms with van der Waals surface area (Å²) in [5.74, 6) is 0.294. The highest BCUT2D eigenvalue weighted by Crippen LogP contribution is 2.28. The zero-order valence-electron chi connectivity index (χ0n) is 15.1. The van der Waals surface area contributed by atoms with E-state index in [0.717, 1.165) is 25.8 Å². The molecule has 140 valence electrons. The Morgan fingerprint density at radius 3 is 2.52 bits per heavy atom. The van der Waals surface area contributed by atoms with Gasteiger partial charge in [-0.15, -0.1) is 0 Å². The quantitative estimate of drug-likeness (QED) is 0.664. The van der Waals surface area contributed by atoms with Crippen LogP contribution in [0.1, 0.15) is 33.1 Å². The average molecular weight is 351 g/mol. The monoisotopic (exact) mass is 351 g/mol. The lowest BCUT2D eigenvalue weighted by atomic mass is 9.88. The molecule has 0 aromatic heterocycles. The molecule has 1 heterocycles. The molecule has 25 heavy (non-hydrogen) atoms. The van der Waals surface area contributed by atoms with Gasteiger partial charge in [0.2, 0.25) is 0 Å². The Hall–Kier alpha value is -1.79. The van der Waals surface area contributed by atoms with E-state index < -0.39 is 12.1 Å². The van der Waals surface area contributed by atoms with E-state index in [4.69, 9.17) is 14.2 Å². The van der Waals surface area contributed by atoms with Gasteiger partial charge in [0.25, 0.3) is 0 Å². The fraction of sp³-hybridized carbons (Fsp3) is 0.632. The lowest BCUT2D eigenvalue weighted by Crippen LogP contribution is -2.49. The second-order valence-electron chi connectivity index (χ2n) is 6.11. The van der Waals surface area contributed by atoms with E-state index >= 15 is 0 Å². The molecule has 2 rings (SSSR count). The maximum atomic E-state index is 12.0. The van der Waals surface area contributed by atoms with Gasteiger partial charge in [-0.1, -0.05) is 18.6 Å². The molecular formula is C19H29NO5. The van der Waals surface area contributed by atoms with Gasteiger partial charge in [-0.3, -0.25) is 0 Å². The standard InChI is InChI=1S/C19H29NO5/c1-3-23-16-10-5-6-11-17(16)25-13-14(15-9-7-8-12-20-15)18(21)19(22)24-4-2/h5-6,10-11,14-15,18,20-21H,3-4,7-9,12-13H2,1-2H3. The van der Waals surface area contributed by atoms with Crippen LogP contribution < -0.4 is 14.8 Å². The summed E-state index contributed by atoms with van der Waals surface area (Å²) < 4.78 is 16.5. The van der Waals surface area contributed by atoms with Crippen LogP contribution in [-0.2, 0) is 9.53 Å². The van der Waals surface area contributed by atoms with Crippen LogP contribution >= 0.6 is 0 Å². The predicted molar refractivity (Wildman–Crippen MR) is 94.9 cm³/mol. The molecule has 1 aliphatic heterocycles. The highest BCUT2D eigenvalue weighted by atomic mass is 16.5.